The number of amides is 1. The number of rotatable bonds is 2. The van der Waals surface area contributed by atoms with E-state index < -0.39 is 5.82 Å². The van der Waals surface area contributed by atoms with E-state index in [1.165, 1.54) is 6.07 Å². The highest BCUT2D eigenvalue weighted by molar-refractivity contribution is 6.04. The first-order chi connectivity index (χ1) is 10.1. The smallest absolute Gasteiger partial charge is 0.255 e. The van der Waals surface area contributed by atoms with E-state index in [1.54, 1.807) is 43.3 Å². The number of halogens is 1. The van der Waals surface area contributed by atoms with Crippen LogP contribution in [0.4, 0.5) is 10.1 Å². The summed E-state index contributed by atoms with van der Waals surface area (Å²) in [4.78, 5) is 12.1. The van der Waals surface area contributed by atoms with E-state index >= 15 is 0 Å². The molecule has 0 saturated carbocycles. The van der Waals surface area contributed by atoms with Crippen LogP contribution in [0.15, 0.2) is 42.5 Å². The van der Waals surface area contributed by atoms with E-state index in [9.17, 15) is 9.18 Å². The second-order valence-electron chi connectivity index (χ2n) is 4.52. The average molecular weight is 282 g/mol. The summed E-state index contributed by atoms with van der Waals surface area (Å²) in [6.07, 6.45) is 0. The maximum Gasteiger partial charge on any atom is 0.255 e. The van der Waals surface area contributed by atoms with Crippen molar-refractivity contribution in [1.82, 2.24) is 0 Å². The largest absolute Gasteiger partial charge is 0.320 e. The minimum Gasteiger partial charge on any atom is -0.320 e. The lowest BCUT2D eigenvalue weighted by Crippen LogP contribution is -2.13. The fraction of sp³-hybridized carbons (Fsp3) is 0.118. The van der Waals surface area contributed by atoms with Gasteiger partial charge < -0.3 is 11.1 Å². The van der Waals surface area contributed by atoms with Gasteiger partial charge in [0.1, 0.15) is 5.82 Å². The number of anilines is 1. The van der Waals surface area contributed by atoms with Gasteiger partial charge in [-0.25, -0.2) is 4.39 Å². The van der Waals surface area contributed by atoms with Crippen molar-refractivity contribution in [1.29, 1.82) is 0 Å². The highest BCUT2D eigenvalue weighted by atomic mass is 19.1. The molecule has 3 N–H and O–H groups in total. The monoisotopic (exact) mass is 282 g/mol. The molecule has 0 aliphatic rings. The Kier molecular flexibility index (Phi) is 4.70. The Morgan fingerprint density at radius 2 is 2.10 bits per heavy atom. The van der Waals surface area contributed by atoms with Crippen LogP contribution in [0.5, 0.6) is 0 Å². The van der Waals surface area contributed by atoms with Crippen LogP contribution in [0.25, 0.3) is 0 Å². The fourth-order valence-electron chi connectivity index (χ4n) is 1.81. The molecule has 21 heavy (non-hydrogen) atoms. The van der Waals surface area contributed by atoms with E-state index in [0.717, 1.165) is 5.56 Å². The van der Waals surface area contributed by atoms with Crippen molar-refractivity contribution >= 4 is 11.6 Å². The molecule has 0 unspecified atom stereocenters. The number of carbonyl (C=O) groups is 1. The van der Waals surface area contributed by atoms with Gasteiger partial charge in [-0.05, 0) is 42.8 Å². The van der Waals surface area contributed by atoms with Crippen LogP contribution in [0.2, 0.25) is 0 Å². The molecule has 0 atom stereocenters. The molecule has 4 heteroatoms. The Balaban J connectivity index is 2.20. The van der Waals surface area contributed by atoms with Crippen molar-refractivity contribution in [3.63, 3.8) is 0 Å². The summed E-state index contributed by atoms with van der Waals surface area (Å²) < 4.78 is 13.7. The molecule has 0 bridgehead atoms. The molecular weight excluding hydrogens is 267 g/mol. The van der Waals surface area contributed by atoms with Gasteiger partial charge in [0, 0.05) is 11.1 Å². The number of hydrogen-bond acceptors (Lipinski definition) is 2. The third-order valence-corrected chi connectivity index (χ3v) is 2.83. The second-order valence-corrected chi connectivity index (χ2v) is 4.52. The van der Waals surface area contributed by atoms with Crippen molar-refractivity contribution < 1.29 is 9.18 Å². The van der Waals surface area contributed by atoms with E-state index in [2.05, 4.69) is 17.2 Å². The number of nitrogens with one attached hydrogen (secondary N) is 1. The van der Waals surface area contributed by atoms with Gasteiger partial charge in [-0.2, -0.15) is 0 Å². The molecule has 0 fully saturated rings. The van der Waals surface area contributed by atoms with Crippen molar-refractivity contribution in [2.24, 2.45) is 5.73 Å². The molecule has 0 saturated heterocycles. The highest BCUT2D eigenvalue weighted by Crippen LogP contribution is 2.16. The number of benzene rings is 2. The first-order valence-corrected chi connectivity index (χ1v) is 6.46. The molecule has 3 nitrogen and oxygen atoms in total. The summed E-state index contributed by atoms with van der Waals surface area (Å²) in [5.41, 5.74) is 7.37. The Bertz CT molecular complexity index is 729. The predicted octanol–water partition coefficient (Wildman–Crippen LogP) is 2.70. The first kappa shape index (κ1) is 14.8. The third kappa shape index (κ3) is 3.91. The van der Waals surface area contributed by atoms with Crippen LogP contribution in [0.3, 0.4) is 0 Å². The van der Waals surface area contributed by atoms with Crippen LogP contribution < -0.4 is 11.1 Å². The molecule has 0 heterocycles. The highest BCUT2D eigenvalue weighted by Gasteiger charge is 2.09. The molecule has 1 amide bonds. The summed E-state index contributed by atoms with van der Waals surface area (Å²) in [6.45, 7) is 2.04. The van der Waals surface area contributed by atoms with Crippen molar-refractivity contribution in [2.45, 2.75) is 6.92 Å². The lowest BCUT2D eigenvalue weighted by molar-refractivity contribution is 0.102. The zero-order valence-corrected chi connectivity index (χ0v) is 11.6. The second kappa shape index (κ2) is 6.69. The fourth-order valence-corrected chi connectivity index (χ4v) is 1.81. The van der Waals surface area contributed by atoms with E-state index in [-0.39, 0.29) is 18.1 Å². The Morgan fingerprint density at radius 3 is 2.81 bits per heavy atom. The topological polar surface area (TPSA) is 55.1 Å². The minimum absolute atomic E-state index is 0.157. The summed E-state index contributed by atoms with van der Waals surface area (Å²) in [6, 6.07) is 11.5. The number of carbonyl (C=O) groups excluding carboxylic acids is 1. The van der Waals surface area contributed by atoms with Crippen LogP contribution in [-0.4, -0.2) is 12.5 Å². The molecule has 2 aromatic rings. The number of hydrogen-bond donors (Lipinski definition) is 2. The third-order valence-electron chi connectivity index (χ3n) is 2.83. The SMILES string of the molecule is Cc1ccc(NC(=O)c2cccc(C#CCN)c2)c(F)c1. The normalized spacial score (nSPS) is 9.67. The van der Waals surface area contributed by atoms with Gasteiger partial charge in [-0.1, -0.05) is 24.0 Å². The maximum absolute atomic E-state index is 13.7. The molecule has 2 rings (SSSR count). The van der Waals surface area contributed by atoms with Crippen molar-refractivity contribution in [3.8, 4) is 11.8 Å². The van der Waals surface area contributed by atoms with Gasteiger partial charge in [0.25, 0.3) is 5.91 Å². The first-order valence-electron chi connectivity index (χ1n) is 6.46. The van der Waals surface area contributed by atoms with E-state index in [4.69, 9.17) is 5.73 Å². The Morgan fingerprint density at radius 1 is 1.29 bits per heavy atom. The predicted molar refractivity (Wildman–Crippen MR) is 81.5 cm³/mol. The molecule has 0 radical (unpaired) electrons. The van der Waals surface area contributed by atoms with Gasteiger partial charge in [-0.3, -0.25) is 4.79 Å². The van der Waals surface area contributed by atoms with Crippen LogP contribution in [-0.2, 0) is 0 Å². The van der Waals surface area contributed by atoms with E-state index in [0.29, 0.717) is 11.1 Å². The summed E-state index contributed by atoms with van der Waals surface area (Å²) in [5.74, 6) is 4.74. The van der Waals surface area contributed by atoms with Crippen LogP contribution in [0, 0.1) is 24.6 Å². The molecular formula is C17H15FN2O. The molecule has 0 spiro atoms. The zero-order valence-electron chi connectivity index (χ0n) is 11.6. The zero-order chi connectivity index (χ0) is 15.2. The van der Waals surface area contributed by atoms with Gasteiger partial charge in [0.05, 0.1) is 12.2 Å². The van der Waals surface area contributed by atoms with Crippen LogP contribution in [0.1, 0.15) is 21.5 Å². The molecule has 2 aromatic carbocycles. The molecule has 0 aliphatic carbocycles. The van der Waals surface area contributed by atoms with Crippen molar-refractivity contribution in [3.05, 3.63) is 65.0 Å². The van der Waals surface area contributed by atoms with Crippen molar-refractivity contribution in [2.75, 3.05) is 11.9 Å². The minimum atomic E-state index is -0.456. The Hall–Kier alpha value is -2.64. The van der Waals surface area contributed by atoms with E-state index in [1.807, 2.05) is 0 Å². The quantitative estimate of drug-likeness (QED) is 0.832. The van der Waals surface area contributed by atoms with Gasteiger partial charge in [0.15, 0.2) is 0 Å². The van der Waals surface area contributed by atoms with Crippen LogP contribution >= 0.6 is 0 Å². The summed E-state index contributed by atoms with van der Waals surface area (Å²) in [5, 5.41) is 2.55. The van der Waals surface area contributed by atoms with Gasteiger partial charge in [-0.15, -0.1) is 0 Å². The molecule has 0 aliphatic heterocycles. The van der Waals surface area contributed by atoms with Gasteiger partial charge in [0.2, 0.25) is 0 Å². The lowest BCUT2D eigenvalue weighted by atomic mass is 10.1. The number of nitrogens with two attached hydrogens (primary N) is 1. The maximum atomic E-state index is 13.7. The average Bonchev–Trinajstić information content (AvgIpc) is 2.48. The standard InChI is InChI=1S/C17H15FN2O/c1-12-7-8-16(15(18)10-12)20-17(21)14-6-2-4-13(11-14)5-3-9-19/h2,4,6-8,10-11H,9,19H2,1H3,(H,20,21). The Labute approximate surface area is 123 Å². The molecule has 106 valence electrons. The lowest BCUT2D eigenvalue weighted by Gasteiger charge is -2.07. The summed E-state index contributed by atoms with van der Waals surface area (Å²) >= 11 is 0. The number of aryl methyl sites for hydroxylation is 1. The molecule has 0 aromatic heterocycles. The summed E-state index contributed by atoms with van der Waals surface area (Å²) in [7, 11) is 0. The van der Waals surface area contributed by atoms with Gasteiger partial charge >= 0.3 is 0 Å².